The van der Waals surface area contributed by atoms with Gasteiger partial charge in [-0.3, -0.25) is 0 Å². The third-order valence-electron chi connectivity index (χ3n) is 2.77. The fourth-order valence-electron chi connectivity index (χ4n) is 1.55. The van der Waals surface area contributed by atoms with Gasteiger partial charge in [0.2, 0.25) is 8.07 Å². The van der Waals surface area contributed by atoms with Crippen molar-refractivity contribution in [1.29, 1.82) is 0 Å². The average Bonchev–Trinajstić information content (AvgIpc) is 2.64. The van der Waals surface area contributed by atoms with Gasteiger partial charge < -0.3 is 18.9 Å². The lowest BCUT2D eigenvalue weighted by molar-refractivity contribution is -0.530. The van der Waals surface area contributed by atoms with E-state index in [-0.39, 0.29) is 0 Å². The first-order valence-electron chi connectivity index (χ1n) is 7.56. The Morgan fingerprint density at radius 1 is 0.515 bits per heavy atom. The van der Waals surface area contributed by atoms with Crippen LogP contribution < -0.4 is 21.7 Å². The Kier molecular flexibility index (Phi) is 11.2. The van der Waals surface area contributed by atoms with Gasteiger partial charge in [-0.25, -0.2) is 59.6 Å². The summed E-state index contributed by atoms with van der Waals surface area (Å²) in [5.41, 5.74) is 4.17. The Balaban J connectivity index is 5.68. The predicted molar refractivity (Wildman–Crippen MR) is 91.7 cm³/mol. The largest absolute Gasteiger partial charge is 0.465 e. The molecule has 0 fully saturated rings. The lowest BCUT2D eigenvalue weighted by Crippen LogP contribution is -2.58. The molecule has 0 rings (SSSR count). The summed E-state index contributed by atoms with van der Waals surface area (Å²) in [7, 11) is -4.07. The molecule has 0 aliphatic rings. The van der Waals surface area contributed by atoms with Gasteiger partial charge >= 0.3 is 24.4 Å². The Labute approximate surface area is 178 Å². The molecule has 25 heteroatoms. The van der Waals surface area contributed by atoms with Gasteiger partial charge in [0.15, 0.2) is 20.1 Å². The maximum atomic E-state index is 11.4. The van der Waals surface area contributed by atoms with E-state index in [0.717, 1.165) is 21.7 Å². The van der Waals surface area contributed by atoms with Crippen molar-refractivity contribution in [2.45, 2.75) is 0 Å². The minimum atomic E-state index is -4.07. The third-order valence-corrected chi connectivity index (χ3v) is 5.79. The summed E-state index contributed by atoms with van der Waals surface area (Å²) in [5, 5.41) is 35.7. The van der Waals surface area contributed by atoms with E-state index in [9.17, 15) is 59.6 Å². The van der Waals surface area contributed by atoms with Crippen LogP contribution in [0.25, 0.3) is 0 Å². The van der Waals surface area contributed by atoms with Crippen LogP contribution in [0.2, 0.25) is 0 Å². The third kappa shape index (κ3) is 13.7. The Bertz CT molecular complexity index is 685. The number of carbonyl (C=O) groups is 4. The highest BCUT2D eigenvalue weighted by atomic mass is 28.3. The summed E-state index contributed by atoms with van der Waals surface area (Å²) >= 11 is 0. The molecule has 0 aromatic heterocycles. The molecule has 0 unspecified atom stereocenters. The first-order valence-corrected chi connectivity index (χ1v) is 10.4. The van der Waals surface area contributed by atoms with Crippen LogP contribution in [0.15, 0.2) is 0 Å². The summed E-state index contributed by atoms with van der Waals surface area (Å²) in [4.78, 5) is 86.6. The van der Waals surface area contributed by atoms with Gasteiger partial charge in [-0.1, -0.05) is 0 Å². The molecule has 0 spiro atoms. The van der Waals surface area contributed by atoms with E-state index in [2.05, 4.69) is 18.9 Å². The van der Waals surface area contributed by atoms with E-state index >= 15 is 0 Å². The van der Waals surface area contributed by atoms with Crippen LogP contribution >= 0.6 is 0 Å². The van der Waals surface area contributed by atoms with Crippen LogP contribution in [0.3, 0.4) is 0 Å². The summed E-state index contributed by atoms with van der Waals surface area (Å²) in [6, 6.07) is 0. The number of hydrazine groups is 4. The van der Waals surface area contributed by atoms with Crippen molar-refractivity contribution in [2.75, 3.05) is 24.9 Å². The Morgan fingerprint density at radius 3 is 0.848 bits per heavy atom. The average molecular weight is 504 g/mol. The fraction of sp³-hybridized carbons (Fsp3) is 0.500. The number of rotatable bonds is 12. The molecule has 0 heterocycles. The molecule has 0 atom stereocenters. The first kappa shape index (κ1) is 27.9. The van der Waals surface area contributed by atoms with E-state index < -0.39 is 77.5 Å². The van der Waals surface area contributed by atoms with Gasteiger partial charge in [-0.05, 0) is 21.7 Å². The molecule has 184 valence electrons. The molecule has 0 bridgehead atoms. The number of nitrogens with zero attached hydrogens (tertiary/aromatic N) is 4. The molecular weight excluding hydrogens is 492 g/mol. The molecule has 0 aliphatic heterocycles. The van der Waals surface area contributed by atoms with Gasteiger partial charge in [-0.15, -0.1) is 0 Å². The number of carbonyl (C=O) groups excluding carboxylic acids is 4. The van der Waals surface area contributed by atoms with Crippen molar-refractivity contribution in [3.63, 3.8) is 0 Å². The van der Waals surface area contributed by atoms with E-state index in [1.54, 1.807) is 0 Å². The van der Waals surface area contributed by atoms with Crippen molar-refractivity contribution in [1.82, 2.24) is 21.7 Å². The lowest BCUT2D eigenvalue weighted by atomic mass is 11.2. The standard InChI is InChI=1S/C8H12N8O16Si/c17-5(9-13(21)22)29-1-33(2-30-6(18)10-14(23)24,3-31-7(19)11-15(25)26)4-32-8(20)12-16(27)28/h1-4H2,(H,9,17)(H,10,18)(H,11,19)(H,12,20). The molecule has 0 aliphatic carbocycles. The molecule has 24 nitrogen and oxygen atoms in total. The highest BCUT2D eigenvalue weighted by Crippen LogP contribution is 2.09. The van der Waals surface area contributed by atoms with E-state index in [4.69, 9.17) is 0 Å². The molecule has 0 radical (unpaired) electrons. The van der Waals surface area contributed by atoms with E-state index in [1.165, 1.54) is 0 Å². The van der Waals surface area contributed by atoms with Crippen LogP contribution in [0.5, 0.6) is 0 Å². The number of hydrogen-bond donors (Lipinski definition) is 4. The molecule has 0 aromatic carbocycles. The first-order chi connectivity index (χ1) is 15.2. The van der Waals surface area contributed by atoms with Crippen LogP contribution in [0.4, 0.5) is 19.2 Å². The second-order valence-corrected chi connectivity index (χ2v) is 9.43. The predicted octanol–water partition coefficient (Wildman–Crippen LogP) is -2.74. The second kappa shape index (κ2) is 13.3. The minimum Gasteiger partial charge on any atom is -0.449 e. The van der Waals surface area contributed by atoms with Crippen molar-refractivity contribution >= 4 is 32.4 Å². The number of hydrogen-bond acceptors (Lipinski definition) is 16. The molecular formula is C8H12N8O16Si. The maximum absolute atomic E-state index is 11.4. The van der Waals surface area contributed by atoms with Gasteiger partial charge in [0.1, 0.15) is 0 Å². The summed E-state index contributed by atoms with van der Waals surface area (Å²) in [6.45, 7) is 0. The van der Waals surface area contributed by atoms with Gasteiger partial charge in [-0.2, -0.15) is 0 Å². The molecule has 33 heavy (non-hydrogen) atoms. The number of nitro groups is 4. The Hall–Kier alpha value is -5.10. The summed E-state index contributed by atoms with van der Waals surface area (Å²) in [5.74, 6) is 0. The quantitative estimate of drug-likeness (QED) is 0.0906. The Morgan fingerprint density at radius 2 is 0.697 bits per heavy atom. The second-order valence-electron chi connectivity index (χ2n) is 5.28. The van der Waals surface area contributed by atoms with Gasteiger partial charge in [0.05, 0.1) is 24.9 Å². The van der Waals surface area contributed by atoms with Crippen molar-refractivity contribution in [2.24, 2.45) is 0 Å². The summed E-state index contributed by atoms with van der Waals surface area (Å²) < 4.78 is 18.0. The maximum Gasteiger partial charge on any atom is 0.465 e. The molecule has 0 aromatic rings. The highest BCUT2D eigenvalue weighted by molar-refractivity contribution is 6.80. The van der Waals surface area contributed by atoms with E-state index in [1.807, 2.05) is 0 Å². The summed E-state index contributed by atoms with van der Waals surface area (Å²) in [6.07, 6.45) is -11.0. The van der Waals surface area contributed by atoms with Crippen LogP contribution in [-0.4, -0.2) is 77.5 Å². The molecule has 4 N–H and O–H groups in total. The zero-order chi connectivity index (χ0) is 25.6. The SMILES string of the molecule is O=C(N[N+](=O)[O-])OC[Si](COC(=O)N[N+](=O)[O-])(COC(=O)N[N+](=O)[O-])COC(=O)N[N+](=O)[O-]. The minimum absolute atomic E-state index is 1.03. The molecule has 4 amide bonds. The fourth-order valence-corrected chi connectivity index (χ4v) is 3.80. The number of ether oxygens (including phenoxy) is 4. The van der Waals surface area contributed by atoms with Gasteiger partial charge in [0.25, 0.3) is 0 Å². The van der Waals surface area contributed by atoms with Crippen LogP contribution in [-0.2, 0) is 18.9 Å². The molecule has 0 saturated heterocycles. The normalized spacial score (nSPS) is 9.94. The molecule has 0 saturated carbocycles. The number of nitrogens with one attached hydrogen (secondary N) is 4. The lowest BCUT2D eigenvalue weighted by Gasteiger charge is -2.27. The smallest absolute Gasteiger partial charge is 0.449 e. The van der Waals surface area contributed by atoms with Crippen molar-refractivity contribution in [3.05, 3.63) is 40.5 Å². The topological polar surface area (TPSA) is 326 Å². The monoisotopic (exact) mass is 504 g/mol. The van der Waals surface area contributed by atoms with Crippen molar-refractivity contribution in [3.8, 4) is 0 Å². The zero-order valence-electron chi connectivity index (χ0n) is 15.6. The van der Waals surface area contributed by atoms with Crippen LogP contribution in [0.1, 0.15) is 0 Å². The van der Waals surface area contributed by atoms with Crippen LogP contribution in [0, 0.1) is 40.5 Å². The highest BCUT2D eigenvalue weighted by Gasteiger charge is 2.42. The van der Waals surface area contributed by atoms with E-state index in [0.29, 0.717) is 0 Å². The zero-order valence-corrected chi connectivity index (χ0v) is 16.6. The van der Waals surface area contributed by atoms with Crippen molar-refractivity contribution < 1.29 is 58.3 Å². The number of amides is 4. The van der Waals surface area contributed by atoms with Gasteiger partial charge in [0, 0.05) is 0 Å².